The highest BCUT2D eigenvalue weighted by atomic mass is 16.5. The van der Waals surface area contributed by atoms with Crippen molar-refractivity contribution in [1.29, 1.82) is 5.26 Å². The van der Waals surface area contributed by atoms with Gasteiger partial charge in [-0.3, -0.25) is 14.4 Å². The fourth-order valence-corrected chi connectivity index (χ4v) is 2.57. The van der Waals surface area contributed by atoms with E-state index in [2.05, 4.69) is 31.4 Å². The van der Waals surface area contributed by atoms with Gasteiger partial charge >= 0.3 is 5.97 Å². The third kappa shape index (κ3) is 7.06. The molecule has 0 heterocycles. The summed E-state index contributed by atoms with van der Waals surface area (Å²) in [6, 6.07) is 16.0. The number of carbonyl (C=O) groups excluding carboxylic acids is 3. The van der Waals surface area contributed by atoms with E-state index in [1.165, 1.54) is 0 Å². The number of carbonyl (C=O) groups is 3. The van der Waals surface area contributed by atoms with Gasteiger partial charge in [-0.1, -0.05) is 45.0 Å². The van der Waals surface area contributed by atoms with Crippen molar-refractivity contribution in [2.45, 2.75) is 32.6 Å². The Morgan fingerprint density at radius 2 is 1.63 bits per heavy atom. The molecule has 0 spiro atoms. The van der Waals surface area contributed by atoms with Gasteiger partial charge in [-0.2, -0.15) is 5.26 Å². The van der Waals surface area contributed by atoms with E-state index in [-0.39, 0.29) is 18.4 Å². The maximum absolute atomic E-state index is 12.1. The molecule has 0 aromatic heterocycles. The molecular formula is C23H25N3O4. The van der Waals surface area contributed by atoms with Gasteiger partial charge < -0.3 is 15.4 Å². The van der Waals surface area contributed by atoms with E-state index in [0.717, 1.165) is 11.1 Å². The van der Waals surface area contributed by atoms with Crippen LogP contribution in [-0.2, 0) is 26.2 Å². The van der Waals surface area contributed by atoms with Crippen LogP contribution < -0.4 is 10.6 Å². The lowest BCUT2D eigenvalue weighted by atomic mass is 9.87. The Morgan fingerprint density at radius 1 is 1.00 bits per heavy atom. The molecule has 0 fully saturated rings. The van der Waals surface area contributed by atoms with Crippen molar-refractivity contribution in [1.82, 2.24) is 5.32 Å². The fraction of sp³-hybridized carbons (Fsp3) is 0.304. The lowest BCUT2D eigenvalue weighted by Gasteiger charge is -2.19. The number of hydrogen-bond donors (Lipinski definition) is 2. The van der Waals surface area contributed by atoms with Crippen LogP contribution in [0.15, 0.2) is 48.5 Å². The van der Waals surface area contributed by atoms with Crippen LogP contribution in [0.25, 0.3) is 0 Å². The lowest BCUT2D eigenvalue weighted by Crippen LogP contribution is -2.32. The molecule has 2 amide bonds. The summed E-state index contributed by atoms with van der Waals surface area (Å²) in [7, 11) is 0. The van der Waals surface area contributed by atoms with E-state index in [1.807, 2.05) is 18.2 Å². The number of amides is 2. The Labute approximate surface area is 176 Å². The first-order valence-corrected chi connectivity index (χ1v) is 9.49. The number of hydrogen-bond acceptors (Lipinski definition) is 5. The van der Waals surface area contributed by atoms with Crippen molar-refractivity contribution < 1.29 is 19.1 Å². The number of benzene rings is 2. The molecule has 7 nitrogen and oxygen atoms in total. The van der Waals surface area contributed by atoms with Crippen molar-refractivity contribution in [2.24, 2.45) is 0 Å². The maximum Gasteiger partial charge on any atom is 0.325 e. The molecule has 156 valence electrons. The van der Waals surface area contributed by atoms with Gasteiger partial charge in [0.1, 0.15) is 6.54 Å². The van der Waals surface area contributed by atoms with Crippen LogP contribution in [0, 0.1) is 11.3 Å². The van der Waals surface area contributed by atoms with Gasteiger partial charge in [0, 0.05) is 11.3 Å². The van der Waals surface area contributed by atoms with Crippen LogP contribution in [0.4, 0.5) is 5.69 Å². The normalized spacial score (nSPS) is 10.6. The first-order chi connectivity index (χ1) is 14.2. The third-order valence-electron chi connectivity index (χ3n) is 4.29. The van der Waals surface area contributed by atoms with Crippen molar-refractivity contribution in [3.05, 3.63) is 65.2 Å². The quantitative estimate of drug-likeness (QED) is 0.686. The summed E-state index contributed by atoms with van der Waals surface area (Å²) in [4.78, 5) is 35.8. The van der Waals surface area contributed by atoms with E-state index in [1.54, 1.807) is 36.4 Å². The minimum Gasteiger partial charge on any atom is -0.454 e. The zero-order valence-corrected chi connectivity index (χ0v) is 17.3. The topological polar surface area (TPSA) is 108 Å². The van der Waals surface area contributed by atoms with Gasteiger partial charge in [0.2, 0.25) is 0 Å². The van der Waals surface area contributed by atoms with E-state index < -0.39 is 24.4 Å². The molecule has 0 radical (unpaired) electrons. The van der Waals surface area contributed by atoms with Gasteiger partial charge in [0.25, 0.3) is 11.8 Å². The van der Waals surface area contributed by atoms with E-state index in [4.69, 9.17) is 10.00 Å². The SMILES string of the molecule is CC(C)(C)c1ccc(C(=O)NCC(=O)OCC(=O)Nc2ccc(CC#N)cc2)cc1. The Kier molecular flexibility index (Phi) is 7.70. The molecule has 2 aromatic carbocycles. The second-order valence-corrected chi connectivity index (χ2v) is 7.75. The fourth-order valence-electron chi connectivity index (χ4n) is 2.57. The van der Waals surface area contributed by atoms with Gasteiger partial charge in [-0.05, 0) is 40.8 Å². The number of esters is 1. The number of nitrogens with zero attached hydrogens (tertiary/aromatic N) is 1. The molecule has 2 rings (SSSR count). The van der Waals surface area contributed by atoms with Crippen LogP contribution in [0.5, 0.6) is 0 Å². The number of anilines is 1. The monoisotopic (exact) mass is 407 g/mol. The van der Waals surface area contributed by atoms with Crippen LogP contribution in [0.2, 0.25) is 0 Å². The molecular weight excluding hydrogens is 382 g/mol. The molecule has 0 bridgehead atoms. The smallest absolute Gasteiger partial charge is 0.325 e. The molecule has 0 aliphatic rings. The Bertz CT molecular complexity index is 936. The predicted molar refractivity (Wildman–Crippen MR) is 113 cm³/mol. The summed E-state index contributed by atoms with van der Waals surface area (Å²) in [5.41, 5.74) is 2.89. The van der Waals surface area contributed by atoms with Gasteiger partial charge in [0.15, 0.2) is 6.61 Å². The minimum absolute atomic E-state index is 0.0158. The Hall–Kier alpha value is -3.66. The first-order valence-electron chi connectivity index (χ1n) is 9.49. The molecule has 0 aliphatic carbocycles. The number of nitrogens with one attached hydrogen (secondary N) is 2. The van der Waals surface area contributed by atoms with Gasteiger partial charge in [-0.25, -0.2) is 0 Å². The van der Waals surface area contributed by atoms with Crippen LogP contribution in [0.1, 0.15) is 42.3 Å². The molecule has 0 aliphatic heterocycles. The zero-order chi connectivity index (χ0) is 22.1. The molecule has 7 heteroatoms. The molecule has 30 heavy (non-hydrogen) atoms. The predicted octanol–water partition coefficient (Wildman–Crippen LogP) is 2.96. The molecule has 0 unspecified atom stereocenters. The minimum atomic E-state index is -0.714. The Morgan fingerprint density at radius 3 is 2.20 bits per heavy atom. The van der Waals surface area contributed by atoms with Crippen LogP contribution in [0.3, 0.4) is 0 Å². The van der Waals surface area contributed by atoms with Crippen LogP contribution in [-0.4, -0.2) is 30.9 Å². The maximum atomic E-state index is 12.1. The zero-order valence-electron chi connectivity index (χ0n) is 17.3. The average molecular weight is 407 g/mol. The van der Waals surface area contributed by atoms with Gasteiger partial charge in [-0.15, -0.1) is 0 Å². The van der Waals surface area contributed by atoms with Gasteiger partial charge in [0.05, 0.1) is 12.5 Å². The van der Waals surface area contributed by atoms with E-state index in [0.29, 0.717) is 11.3 Å². The molecule has 0 saturated carbocycles. The molecule has 0 atom stereocenters. The summed E-state index contributed by atoms with van der Waals surface area (Å²) < 4.78 is 4.88. The highest BCUT2D eigenvalue weighted by molar-refractivity contribution is 5.96. The highest BCUT2D eigenvalue weighted by Crippen LogP contribution is 2.22. The second-order valence-electron chi connectivity index (χ2n) is 7.75. The van der Waals surface area contributed by atoms with E-state index in [9.17, 15) is 14.4 Å². The summed E-state index contributed by atoms with van der Waals surface area (Å²) in [6.45, 7) is 5.44. The van der Waals surface area contributed by atoms with Crippen molar-refractivity contribution in [3.63, 3.8) is 0 Å². The second kappa shape index (κ2) is 10.2. The summed E-state index contributed by atoms with van der Waals surface area (Å²) in [5, 5.41) is 13.7. The van der Waals surface area contributed by atoms with Crippen molar-refractivity contribution in [2.75, 3.05) is 18.5 Å². The number of rotatable bonds is 7. The summed E-state index contributed by atoms with van der Waals surface area (Å²) in [6.07, 6.45) is 0.290. The van der Waals surface area contributed by atoms with Crippen molar-refractivity contribution in [3.8, 4) is 6.07 Å². The molecule has 0 saturated heterocycles. The standard InChI is InChI=1S/C23H25N3O4/c1-23(2,3)18-8-6-17(7-9-18)22(29)25-14-21(28)30-15-20(27)26-19-10-4-16(5-11-19)12-13-24/h4-11H,12,14-15H2,1-3H3,(H,25,29)(H,26,27). The van der Waals surface area contributed by atoms with E-state index >= 15 is 0 Å². The number of ether oxygens (including phenoxy) is 1. The average Bonchev–Trinajstić information content (AvgIpc) is 2.71. The summed E-state index contributed by atoms with van der Waals surface area (Å²) >= 11 is 0. The molecule has 2 aromatic rings. The van der Waals surface area contributed by atoms with Crippen LogP contribution >= 0.6 is 0 Å². The summed E-state index contributed by atoms with van der Waals surface area (Å²) in [5.74, 6) is -1.61. The number of nitriles is 1. The first kappa shape index (κ1) is 22.6. The van der Waals surface area contributed by atoms with Crippen molar-refractivity contribution >= 4 is 23.5 Å². The lowest BCUT2D eigenvalue weighted by molar-refractivity contribution is -0.146. The highest BCUT2D eigenvalue weighted by Gasteiger charge is 2.15. The Balaban J connectivity index is 1.74. The third-order valence-corrected chi connectivity index (χ3v) is 4.29. The molecule has 2 N–H and O–H groups in total. The largest absolute Gasteiger partial charge is 0.454 e.